The highest BCUT2D eigenvalue weighted by Gasteiger charge is 2.74. The number of anilines is 2. The number of carbonyl (C=O) groups is 3. The van der Waals surface area contributed by atoms with E-state index in [-0.39, 0.29) is 29.2 Å². The number of nitrogens with zero attached hydrogens (tertiary/aromatic N) is 3. The molecule has 4 atom stereocenters. The second-order valence-corrected chi connectivity index (χ2v) is 9.80. The number of nitro benzene ring substituents is 1. The van der Waals surface area contributed by atoms with Crippen LogP contribution in [0.4, 0.5) is 17.1 Å². The number of nitrogens with one attached hydrogen (secondary N) is 1. The van der Waals surface area contributed by atoms with Crippen LogP contribution in [0, 0.1) is 42.7 Å². The Kier molecular flexibility index (Phi) is 4.15. The van der Waals surface area contributed by atoms with E-state index < -0.39 is 28.2 Å². The standard InChI is InChI=1S/C25H24N4O5/c1-12-7-9-16-21(14(12)3)26-24(32)25(16)20-19(17-5-4-10-27(17)25)22(30)28(23(20)31)18-11-15(29(33)34)8-6-13(18)2/h6-9,11,17,19-20H,4-5,10H2,1-3H3,(H,26,32)/t17-,19+,20-,25+/m0/s1. The van der Waals surface area contributed by atoms with E-state index in [1.165, 1.54) is 12.1 Å². The van der Waals surface area contributed by atoms with Crippen molar-refractivity contribution in [2.75, 3.05) is 16.8 Å². The van der Waals surface area contributed by atoms with E-state index in [2.05, 4.69) is 10.2 Å². The Labute approximate surface area is 195 Å². The van der Waals surface area contributed by atoms with E-state index in [1.54, 1.807) is 13.0 Å². The zero-order chi connectivity index (χ0) is 24.1. The van der Waals surface area contributed by atoms with Gasteiger partial charge in [0, 0.05) is 29.4 Å². The van der Waals surface area contributed by atoms with Gasteiger partial charge in [-0.2, -0.15) is 0 Å². The number of rotatable bonds is 2. The van der Waals surface area contributed by atoms with E-state index in [9.17, 15) is 24.5 Å². The molecule has 2 aromatic carbocycles. The maximum absolute atomic E-state index is 14.1. The number of amides is 3. The minimum absolute atomic E-state index is 0.189. The molecule has 3 amide bonds. The Bertz CT molecular complexity index is 1340. The van der Waals surface area contributed by atoms with Gasteiger partial charge < -0.3 is 5.32 Å². The van der Waals surface area contributed by atoms with E-state index in [0.29, 0.717) is 12.1 Å². The number of non-ortho nitro benzene ring substituents is 1. The van der Waals surface area contributed by atoms with E-state index >= 15 is 0 Å². The van der Waals surface area contributed by atoms with Crippen LogP contribution in [0.25, 0.3) is 0 Å². The molecule has 3 saturated heterocycles. The van der Waals surface area contributed by atoms with E-state index in [1.807, 2.05) is 26.0 Å². The minimum Gasteiger partial charge on any atom is -0.324 e. The van der Waals surface area contributed by atoms with Crippen molar-refractivity contribution in [1.82, 2.24) is 4.90 Å². The summed E-state index contributed by atoms with van der Waals surface area (Å²) in [7, 11) is 0. The Hall–Kier alpha value is -3.59. The molecule has 0 saturated carbocycles. The van der Waals surface area contributed by atoms with Crippen LogP contribution in [0.5, 0.6) is 0 Å². The Balaban J connectivity index is 1.56. The lowest BCUT2D eigenvalue weighted by Gasteiger charge is -2.36. The second kappa shape index (κ2) is 6.73. The van der Waals surface area contributed by atoms with Crippen molar-refractivity contribution < 1.29 is 19.3 Å². The smallest absolute Gasteiger partial charge is 0.271 e. The molecule has 1 spiro atoms. The van der Waals surface area contributed by atoms with Crippen molar-refractivity contribution in [1.29, 1.82) is 0 Å². The van der Waals surface area contributed by atoms with Crippen molar-refractivity contribution in [2.45, 2.75) is 45.2 Å². The molecular weight excluding hydrogens is 436 g/mol. The fourth-order valence-corrected chi connectivity index (χ4v) is 6.71. The number of hydrogen-bond acceptors (Lipinski definition) is 6. The lowest BCUT2D eigenvalue weighted by Crippen LogP contribution is -2.54. The number of fused-ring (bicyclic) bond motifs is 7. The molecule has 174 valence electrons. The molecule has 4 aliphatic heterocycles. The third kappa shape index (κ3) is 2.30. The Morgan fingerprint density at radius 2 is 1.79 bits per heavy atom. The molecule has 9 heteroatoms. The van der Waals surface area contributed by atoms with Gasteiger partial charge in [0.25, 0.3) is 5.69 Å². The predicted octanol–water partition coefficient (Wildman–Crippen LogP) is 2.95. The van der Waals surface area contributed by atoms with Gasteiger partial charge in [0.2, 0.25) is 17.7 Å². The molecule has 3 fully saturated rings. The van der Waals surface area contributed by atoms with Crippen LogP contribution >= 0.6 is 0 Å². The maximum atomic E-state index is 14.1. The molecule has 34 heavy (non-hydrogen) atoms. The second-order valence-electron chi connectivity index (χ2n) is 9.80. The highest BCUT2D eigenvalue weighted by molar-refractivity contribution is 6.26. The topological polar surface area (TPSA) is 113 Å². The minimum atomic E-state index is -1.25. The zero-order valence-electron chi connectivity index (χ0n) is 19.1. The van der Waals surface area contributed by atoms with Gasteiger partial charge in [-0.15, -0.1) is 0 Å². The zero-order valence-corrected chi connectivity index (χ0v) is 19.1. The number of aryl methyl sites for hydroxylation is 2. The first-order chi connectivity index (χ1) is 16.2. The average Bonchev–Trinajstić information content (AvgIpc) is 3.50. The fourth-order valence-electron chi connectivity index (χ4n) is 6.71. The molecule has 1 N–H and O–H groups in total. The summed E-state index contributed by atoms with van der Waals surface area (Å²) in [6.07, 6.45) is 1.55. The molecular formula is C25H24N4O5. The first kappa shape index (κ1) is 21.0. The lowest BCUT2D eigenvalue weighted by atomic mass is 9.75. The predicted molar refractivity (Wildman–Crippen MR) is 123 cm³/mol. The lowest BCUT2D eigenvalue weighted by molar-refractivity contribution is -0.384. The highest BCUT2D eigenvalue weighted by atomic mass is 16.6. The maximum Gasteiger partial charge on any atom is 0.271 e. The molecule has 2 aromatic rings. The number of imide groups is 1. The third-order valence-corrected chi connectivity index (χ3v) is 8.34. The molecule has 0 unspecified atom stereocenters. The largest absolute Gasteiger partial charge is 0.324 e. The summed E-state index contributed by atoms with van der Waals surface area (Å²) in [5.74, 6) is -2.67. The first-order valence-corrected chi connectivity index (χ1v) is 11.5. The summed E-state index contributed by atoms with van der Waals surface area (Å²) >= 11 is 0. The summed E-state index contributed by atoms with van der Waals surface area (Å²) in [5, 5.41) is 14.4. The van der Waals surface area contributed by atoms with Crippen LogP contribution in [0.2, 0.25) is 0 Å². The average molecular weight is 460 g/mol. The van der Waals surface area contributed by atoms with E-state index in [0.717, 1.165) is 40.1 Å². The third-order valence-electron chi connectivity index (χ3n) is 8.34. The summed E-state index contributed by atoms with van der Waals surface area (Å²) in [5.41, 5.74) is 2.82. The van der Waals surface area contributed by atoms with Gasteiger partial charge in [-0.3, -0.25) is 29.4 Å². The van der Waals surface area contributed by atoms with Crippen LogP contribution in [0.1, 0.15) is 35.1 Å². The summed E-state index contributed by atoms with van der Waals surface area (Å²) in [4.78, 5) is 55.7. The van der Waals surface area contributed by atoms with Gasteiger partial charge in [0.15, 0.2) is 0 Å². The first-order valence-electron chi connectivity index (χ1n) is 11.5. The van der Waals surface area contributed by atoms with Crippen molar-refractivity contribution in [2.24, 2.45) is 11.8 Å². The number of nitro groups is 1. The molecule has 4 heterocycles. The van der Waals surface area contributed by atoms with Gasteiger partial charge >= 0.3 is 0 Å². The van der Waals surface area contributed by atoms with Crippen LogP contribution in [-0.4, -0.2) is 40.1 Å². The SMILES string of the molecule is Cc1ccc([N+](=O)[O-])cc1N1C(=O)[C@H]2[C@@H](C1=O)[C@]1(C(=O)Nc3c1ccc(C)c3C)N1CCC[C@@H]21. The van der Waals surface area contributed by atoms with Crippen molar-refractivity contribution >= 4 is 34.8 Å². The van der Waals surface area contributed by atoms with Crippen LogP contribution < -0.4 is 10.2 Å². The number of carbonyl (C=O) groups excluding carboxylic acids is 3. The van der Waals surface area contributed by atoms with Gasteiger partial charge in [0.1, 0.15) is 5.54 Å². The number of hydrogen-bond donors (Lipinski definition) is 1. The monoisotopic (exact) mass is 460 g/mol. The van der Waals surface area contributed by atoms with Crippen LogP contribution in [0.3, 0.4) is 0 Å². The highest BCUT2D eigenvalue weighted by Crippen LogP contribution is 2.61. The Morgan fingerprint density at radius 3 is 2.53 bits per heavy atom. The molecule has 9 nitrogen and oxygen atoms in total. The molecule has 4 aliphatic rings. The molecule has 0 aromatic heterocycles. The number of benzene rings is 2. The van der Waals surface area contributed by atoms with Gasteiger partial charge in [-0.25, -0.2) is 4.90 Å². The fraction of sp³-hybridized carbons (Fsp3) is 0.400. The van der Waals surface area contributed by atoms with Gasteiger partial charge in [-0.05, 0) is 56.8 Å². The van der Waals surface area contributed by atoms with Crippen molar-refractivity contribution in [3.05, 3.63) is 62.7 Å². The van der Waals surface area contributed by atoms with Crippen LogP contribution in [-0.2, 0) is 19.9 Å². The van der Waals surface area contributed by atoms with E-state index in [4.69, 9.17) is 0 Å². The molecule has 0 bridgehead atoms. The van der Waals surface area contributed by atoms with Crippen molar-refractivity contribution in [3.8, 4) is 0 Å². The quantitative estimate of drug-likeness (QED) is 0.419. The molecule has 0 aliphatic carbocycles. The summed E-state index contributed by atoms with van der Waals surface area (Å²) < 4.78 is 0. The van der Waals surface area contributed by atoms with Gasteiger partial charge in [0.05, 0.1) is 22.4 Å². The summed E-state index contributed by atoms with van der Waals surface area (Å²) in [6.45, 7) is 6.27. The summed E-state index contributed by atoms with van der Waals surface area (Å²) in [6, 6.07) is 7.82. The van der Waals surface area contributed by atoms with Crippen LogP contribution in [0.15, 0.2) is 30.3 Å². The normalized spacial score (nSPS) is 29.6. The molecule has 6 rings (SSSR count). The molecule has 0 radical (unpaired) electrons. The Morgan fingerprint density at radius 1 is 1.06 bits per heavy atom. The van der Waals surface area contributed by atoms with Gasteiger partial charge in [-0.1, -0.05) is 18.2 Å². The van der Waals surface area contributed by atoms with Crippen molar-refractivity contribution in [3.63, 3.8) is 0 Å².